The van der Waals surface area contributed by atoms with Crippen molar-refractivity contribution in [3.05, 3.63) is 17.5 Å². The van der Waals surface area contributed by atoms with Gasteiger partial charge in [-0.25, -0.2) is 0 Å². The molecule has 6 heteroatoms. The molecule has 0 aliphatic heterocycles. The van der Waals surface area contributed by atoms with Crippen molar-refractivity contribution in [3.8, 4) is 6.07 Å². The molecule has 0 aliphatic carbocycles. The topological polar surface area (TPSA) is 119 Å². The van der Waals surface area contributed by atoms with Crippen molar-refractivity contribution in [2.45, 2.75) is 12.2 Å². The van der Waals surface area contributed by atoms with E-state index in [1.54, 1.807) is 6.07 Å². The number of H-pyrrole nitrogens is 1. The zero-order valence-electron chi connectivity index (χ0n) is 6.81. The molecular formula is C7H10N4O2. The number of hydrogen-bond acceptors (Lipinski definition) is 5. The van der Waals surface area contributed by atoms with Crippen LogP contribution in [0.4, 0.5) is 0 Å². The summed E-state index contributed by atoms with van der Waals surface area (Å²) in [4.78, 5) is 0. The Hall–Kier alpha value is -1.42. The van der Waals surface area contributed by atoms with Crippen LogP contribution in [0.2, 0.25) is 0 Å². The number of nitriles is 1. The number of aromatic amines is 1. The van der Waals surface area contributed by atoms with Gasteiger partial charge in [-0.05, 0) is 0 Å². The lowest BCUT2D eigenvalue weighted by molar-refractivity contribution is 0.0242. The molecule has 0 amide bonds. The Balaban J connectivity index is 2.89. The highest BCUT2D eigenvalue weighted by molar-refractivity contribution is 5.30. The van der Waals surface area contributed by atoms with E-state index in [1.165, 1.54) is 6.20 Å². The van der Waals surface area contributed by atoms with E-state index in [0.29, 0.717) is 0 Å². The van der Waals surface area contributed by atoms with Gasteiger partial charge in [0.2, 0.25) is 0 Å². The standard InChI is InChI=1S/C7H10N4O2/c8-1-5-4(3-10-11-5)7(13)6(12)2-9/h3,6-7,12-13H,2,9H2,(H,10,11). The second-order valence-corrected chi connectivity index (χ2v) is 2.56. The molecule has 1 aromatic heterocycles. The second-order valence-electron chi connectivity index (χ2n) is 2.56. The summed E-state index contributed by atoms with van der Waals surface area (Å²) >= 11 is 0. The van der Waals surface area contributed by atoms with E-state index >= 15 is 0 Å². The number of hydrogen-bond donors (Lipinski definition) is 4. The van der Waals surface area contributed by atoms with E-state index in [2.05, 4.69) is 10.2 Å². The second kappa shape index (κ2) is 4.00. The van der Waals surface area contributed by atoms with Crippen LogP contribution in [0.25, 0.3) is 0 Å². The molecule has 0 aromatic carbocycles. The minimum absolute atomic E-state index is 0.0722. The van der Waals surface area contributed by atoms with Gasteiger partial charge in [0.25, 0.3) is 0 Å². The van der Waals surface area contributed by atoms with Crippen LogP contribution in [0, 0.1) is 11.3 Å². The van der Waals surface area contributed by atoms with Gasteiger partial charge in [-0.2, -0.15) is 10.4 Å². The number of aliphatic hydroxyl groups is 2. The Labute approximate surface area is 74.6 Å². The van der Waals surface area contributed by atoms with Gasteiger partial charge in [0.1, 0.15) is 17.9 Å². The van der Waals surface area contributed by atoms with E-state index in [-0.39, 0.29) is 17.8 Å². The Morgan fingerprint density at radius 2 is 2.38 bits per heavy atom. The summed E-state index contributed by atoms with van der Waals surface area (Å²) in [6, 6.07) is 1.81. The molecule has 0 fully saturated rings. The minimum Gasteiger partial charge on any atom is -0.389 e. The number of aromatic nitrogens is 2. The molecular weight excluding hydrogens is 172 g/mol. The normalized spacial score (nSPS) is 14.9. The van der Waals surface area contributed by atoms with Crippen LogP contribution in [-0.4, -0.2) is 33.1 Å². The van der Waals surface area contributed by atoms with Crippen molar-refractivity contribution in [2.75, 3.05) is 6.54 Å². The highest BCUT2D eigenvalue weighted by Crippen LogP contribution is 2.17. The average Bonchev–Trinajstić information content (AvgIpc) is 2.62. The molecule has 1 rings (SSSR count). The molecule has 1 heterocycles. The van der Waals surface area contributed by atoms with Crippen LogP contribution in [0.15, 0.2) is 6.20 Å². The molecule has 70 valence electrons. The quantitative estimate of drug-likeness (QED) is 0.460. The molecule has 0 spiro atoms. The van der Waals surface area contributed by atoms with Gasteiger partial charge in [0.05, 0.1) is 12.3 Å². The lowest BCUT2D eigenvalue weighted by Gasteiger charge is -2.14. The van der Waals surface area contributed by atoms with Crippen molar-refractivity contribution < 1.29 is 10.2 Å². The number of nitrogens with one attached hydrogen (secondary N) is 1. The first-order chi connectivity index (χ1) is 6.20. The third-order valence-corrected chi connectivity index (χ3v) is 1.71. The Bertz CT molecular complexity index is 317. The summed E-state index contributed by atoms with van der Waals surface area (Å²) in [5.41, 5.74) is 5.55. The molecule has 5 N–H and O–H groups in total. The van der Waals surface area contributed by atoms with Gasteiger partial charge in [-0.1, -0.05) is 0 Å². The first kappa shape index (κ1) is 9.67. The summed E-state index contributed by atoms with van der Waals surface area (Å²) in [5.74, 6) is 0. The lowest BCUT2D eigenvalue weighted by Crippen LogP contribution is -2.27. The Morgan fingerprint density at radius 3 is 2.92 bits per heavy atom. The third-order valence-electron chi connectivity index (χ3n) is 1.71. The zero-order valence-corrected chi connectivity index (χ0v) is 6.81. The van der Waals surface area contributed by atoms with E-state index in [4.69, 9.17) is 11.0 Å². The van der Waals surface area contributed by atoms with Crippen LogP contribution in [-0.2, 0) is 0 Å². The first-order valence-electron chi connectivity index (χ1n) is 3.70. The molecule has 13 heavy (non-hydrogen) atoms. The zero-order chi connectivity index (χ0) is 9.84. The van der Waals surface area contributed by atoms with E-state index in [0.717, 1.165) is 0 Å². The molecule has 0 saturated carbocycles. The van der Waals surface area contributed by atoms with Gasteiger partial charge < -0.3 is 15.9 Å². The largest absolute Gasteiger partial charge is 0.389 e. The first-order valence-corrected chi connectivity index (χ1v) is 3.70. The molecule has 0 saturated heterocycles. The van der Waals surface area contributed by atoms with E-state index in [1.807, 2.05) is 0 Å². The SMILES string of the molecule is N#Cc1[nH]ncc1C(O)C(O)CN. The fraction of sp³-hybridized carbons (Fsp3) is 0.429. The summed E-state index contributed by atoms with van der Waals surface area (Å²) in [5, 5.41) is 33.2. The predicted octanol–water partition coefficient (Wildman–Crippen LogP) is -1.37. The maximum Gasteiger partial charge on any atom is 0.141 e. The van der Waals surface area contributed by atoms with Crippen molar-refractivity contribution in [2.24, 2.45) is 5.73 Å². The van der Waals surface area contributed by atoms with E-state index < -0.39 is 12.2 Å². The Kier molecular flexibility index (Phi) is 2.97. The third kappa shape index (κ3) is 1.84. The van der Waals surface area contributed by atoms with Crippen LogP contribution in [0.1, 0.15) is 17.4 Å². The van der Waals surface area contributed by atoms with E-state index in [9.17, 15) is 10.2 Å². The highest BCUT2D eigenvalue weighted by atomic mass is 16.3. The van der Waals surface area contributed by atoms with Crippen LogP contribution in [0.3, 0.4) is 0 Å². The monoisotopic (exact) mass is 182 g/mol. The molecule has 2 unspecified atom stereocenters. The predicted molar refractivity (Wildman–Crippen MR) is 43.3 cm³/mol. The number of nitrogens with two attached hydrogens (primary N) is 1. The minimum atomic E-state index is -1.17. The molecule has 0 aliphatic rings. The number of aliphatic hydroxyl groups excluding tert-OH is 2. The maximum absolute atomic E-state index is 9.45. The summed E-state index contributed by atoms with van der Waals surface area (Å²) in [6.45, 7) is -0.0722. The molecule has 2 atom stereocenters. The summed E-state index contributed by atoms with van der Waals surface area (Å²) < 4.78 is 0. The Morgan fingerprint density at radius 1 is 1.69 bits per heavy atom. The van der Waals surface area contributed by atoms with Crippen LogP contribution >= 0.6 is 0 Å². The van der Waals surface area contributed by atoms with Crippen molar-refractivity contribution in [3.63, 3.8) is 0 Å². The number of rotatable bonds is 3. The van der Waals surface area contributed by atoms with Crippen molar-refractivity contribution in [1.82, 2.24) is 10.2 Å². The van der Waals surface area contributed by atoms with Gasteiger partial charge >= 0.3 is 0 Å². The highest BCUT2D eigenvalue weighted by Gasteiger charge is 2.21. The molecule has 0 radical (unpaired) electrons. The molecule has 0 bridgehead atoms. The van der Waals surface area contributed by atoms with Crippen molar-refractivity contribution in [1.29, 1.82) is 5.26 Å². The van der Waals surface area contributed by atoms with Crippen LogP contribution in [0.5, 0.6) is 0 Å². The van der Waals surface area contributed by atoms with Gasteiger partial charge in [-0.15, -0.1) is 0 Å². The molecule has 1 aromatic rings. The summed E-state index contributed by atoms with van der Waals surface area (Å²) in [6.07, 6.45) is -0.953. The lowest BCUT2D eigenvalue weighted by atomic mass is 10.1. The fourth-order valence-corrected chi connectivity index (χ4v) is 0.945. The summed E-state index contributed by atoms with van der Waals surface area (Å²) in [7, 11) is 0. The molecule has 6 nitrogen and oxygen atoms in total. The van der Waals surface area contributed by atoms with Gasteiger partial charge in [0, 0.05) is 12.1 Å². The smallest absolute Gasteiger partial charge is 0.141 e. The maximum atomic E-state index is 9.45. The van der Waals surface area contributed by atoms with Gasteiger partial charge in [0.15, 0.2) is 0 Å². The fourth-order valence-electron chi connectivity index (χ4n) is 0.945. The van der Waals surface area contributed by atoms with Crippen LogP contribution < -0.4 is 5.73 Å². The van der Waals surface area contributed by atoms with Crippen molar-refractivity contribution >= 4 is 0 Å². The number of nitrogens with zero attached hydrogens (tertiary/aromatic N) is 2. The van der Waals surface area contributed by atoms with Gasteiger partial charge in [-0.3, -0.25) is 5.10 Å². The average molecular weight is 182 g/mol.